The van der Waals surface area contributed by atoms with Crippen molar-refractivity contribution in [2.24, 2.45) is 17.6 Å². The third-order valence-corrected chi connectivity index (χ3v) is 3.18. The SMILES string of the molecule is Cc1cc(NC(=O)C2CCCC2CN)no1. The molecule has 1 amide bonds. The summed E-state index contributed by atoms with van der Waals surface area (Å²) in [5.74, 6) is 1.54. The van der Waals surface area contributed by atoms with Crippen molar-refractivity contribution < 1.29 is 9.32 Å². The van der Waals surface area contributed by atoms with E-state index in [9.17, 15) is 4.79 Å². The van der Waals surface area contributed by atoms with E-state index in [2.05, 4.69) is 10.5 Å². The first-order valence-electron chi connectivity index (χ1n) is 5.65. The van der Waals surface area contributed by atoms with Crippen LogP contribution in [0.5, 0.6) is 0 Å². The lowest BCUT2D eigenvalue weighted by Crippen LogP contribution is -2.29. The van der Waals surface area contributed by atoms with Crippen LogP contribution in [0.15, 0.2) is 10.6 Å². The summed E-state index contributed by atoms with van der Waals surface area (Å²) in [6.45, 7) is 2.37. The summed E-state index contributed by atoms with van der Waals surface area (Å²) in [5.41, 5.74) is 5.65. The Morgan fingerprint density at radius 3 is 3.12 bits per heavy atom. The number of amides is 1. The van der Waals surface area contributed by atoms with Gasteiger partial charge in [0, 0.05) is 12.0 Å². The fraction of sp³-hybridized carbons (Fsp3) is 0.636. The van der Waals surface area contributed by atoms with Crippen LogP contribution in [-0.4, -0.2) is 17.6 Å². The topological polar surface area (TPSA) is 81.2 Å². The maximum atomic E-state index is 11.9. The van der Waals surface area contributed by atoms with E-state index in [-0.39, 0.29) is 11.8 Å². The Kier molecular flexibility index (Phi) is 3.24. The lowest BCUT2D eigenvalue weighted by atomic mass is 9.95. The van der Waals surface area contributed by atoms with Gasteiger partial charge in [0.05, 0.1) is 0 Å². The van der Waals surface area contributed by atoms with E-state index < -0.39 is 0 Å². The summed E-state index contributed by atoms with van der Waals surface area (Å²) in [6, 6.07) is 1.71. The third kappa shape index (κ3) is 2.24. The van der Waals surface area contributed by atoms with E-state index in [0.717, 1.165) is 19.3 Å². The van der Waals surface area contributed by atoms with Gasteiger partial charge in [0.15, 0.2) is 5.82 Å². The molecule has 0 bridgehead atoms. The molecule has 0 aliphatic heterocycles. The highest BCUT2D eigenvalue weighted by Crippen LogP contribution is 2.31. The standard InChI is InChI=1S/C11H17N3O2/c1-7-5-10(14-16-7)13-11(15)9-4-2-3-8(9)6-12/h5,8-9H,2-4,6,12H2,1H3,(H,13,14,15). The number of rotatable bonds is 3. The summed E-state index contributed by atoms with van der Waals surface area (Å²) in [6.07, 6.45) is 3.05. The minimum absolute atomic E-state index is 0.0150. The largest absolute Gasteiger partial charge is 0.360 e. The first kappa shape index (κ1) is 11.1. The summed E-state index contributed by atoms with van der Waals surface area (Å²) < 4.78 is 4.89. The molecule has 1 fully saturated rings. The second-order valence-electron chi connectivity index (χ2n) is 4.35. The lowest BCUT2D eigenvalue weighted by Gasteiger charge is -2.15. The molecule has 1 saturated carbocycles. The van der Waals surface area contributed by atoms with E-state index in [1.807, 2.05) is 0 Å². The Labute approximate surface area is 94.4 Å². The molecule has 16 heavy (non-hydrogen) atoms. The van der Waals surface area contributed by atoms with Crippen molar-refractivity contribution >= 4 is 11.7 Å². The van der Waals surface area contributed by atoms with Crippen LogP contribution < -0.4 is 11.1 Å². The van der Waals surface area contributed by atoms with Gasteiger partial charge in [0.1, 0.15) is 5.76 Å². The molecule has 0 saturated heterocycles. The highest BCUT2D eigenvalue weighted by molar-refractivity contribution is 5.92. The van der Waals surface area contributed by atoms with Gasteiger partial charge < -0.3 is 15.6 Å². The van der Waals surface area contributed by atoms with E-state index in [0.29, 0.717) is 24.0 Å². The number of hydrogen-bond acceptors (Lipinski definition) is 4. The summed E-state index contributed by atoms with van der Waals surface area (Å²) in [7, 11) is 0. The van der Waals surface area contributed by atoms with Crippen molar-refractivity contribution in [3.05, 3.63) is 11.8 Å². The molecule has 0 aromatic carbocycles. The summed E-state index contributed by atoms with van der Waals surface area (Å²) in [5, 5.41) is 6.51. The van der Waals surface area contributed by atoms with Gasteiger partial charge in [0.25, 0.3) is 0 Å². The van der Waals surface area contributed by atoms with Gasteiger partial charge in [-0.15, -0.1) is 0 Å². The molecular weight excluding hydrogens is 206 g/mol. The molecule has 0 radical (unpaired) electrons. The molecule has 3 N–H and O–H groups in total. The van der Waals surface area contributed by atoms with Crippen LogP contribution in [0.2, 0.25) is 0 Å². The number of anilines is 1. The first-order chi connectivity index (χ1) is 7.70. The van der Waals surface area contributed by atoms with E-state index in [1.54, 1.807) is 13.0 Å². The van der Waals surface area contributed by atoms with Gasteiger partial charge in [-0.2, -0.15) is 0 Å². The molecule has 1 heterocycles. The Morgan fingerprint density at radius 1 is 1.69 bits per heavy atom. The molecule has 0 spiro atoms. The number of carbonyl (C=O) groups is 1. The number of aryl methyl sites for hydroxylation is 1. The Morgan fingerprint density at radius 2 is 2.50 bits per heavy atom. The van der Waals surface area contributed by atoms with Gasteiger partial charge >= 0.3 is 0 Å². The lowest BCUT2D eigenvalue weighted by molar-refractivity contribution is -0.120. The van der Waals surface area contributed by atoms with Crippen LogP contribution in [0.4, 0.5) is 5.82 Å². The molecule has 2 unspecified atom stereocenters. The maximum absolute atomic E-state index is 11.9. The van der Waals surface area contributed by atoms with E-state index in [4.69, 9.17) is 10.3 Å². The minimum atomic E-state index is 0.0150. The predicted molar refractivity (Wildman–Crippen MR) is 59.8 cm³/mol. The quantitative estimate of drug-likeness (QED) is 0.809. The molecule has 5 heteroatoms. The Balaban J connectivity index is 1.97. The van der Waals surface area contributed by atoms with Gasteiger partial charge in [0.2, 0.25) is 5.91 Å². The van der Waals surface area contributed by atoms with Crippen molar-refractivity contribution in [1.82, 2.24) is 5.16 Å². The van der Waals surface area contributed by atoms with Crippen LogP contribution in [0.1, 0.15) is 25.0 Å². The van der Waals surface area contributed by atoms with Gasteiger partial charge in [-0.1, -0.05) is 11.6 Å². The first-order valence-corrected chi connectivity index (χ1v) is 5.65. The molecular formula is C11H17N3O2. The van der Waals surface area contributed by atoms with Crippen LogP contribution in [0, 0.1) is 18.8 Å². The normalized spacial score (nSPS) is 24.6. The summed E-state index contributed by atoms with van der Waals surface area (Å²) >= 11 is 0. The van der Waals surface area contributed by atoms with Gasteiger partial charge in [-0.05, 0) is 32.2 Å². The molecule has 1 aliphatic carbocycles. The molecule has 2 atom stereocenters. The molecule has 88 valence electrons. The molecule has 1 aromatic heterocycles. The zero-order valence-electron chi connectivity index (χ0n) is 9.40. The highest BCUT2D eigenvalue weighted by Gasteiger charge is 2.32. The monoisotopic (exact) mass is 223 g/mol. The minimum Gasteiger partial charge on any atom is -0.360 e. The number of nitrogens with zero attached hydrogens (tertiary/aromatic N) is 1. The fourth-order valence-electron chi connectivity index (χ4n) is 2.31. The molecule has 1 aromatic rings. The van der Waals surface area contributed by atoms with Crippen LogP contribution in [0.25, 0.3) is 0 Å². The average Bonchev–Trinajstić information content (AvgIpc) is 2.86. The van der Waals surface area contributed by atoms with Crippen molar-refractivity contribution in [3.63, 3.8) is 0 Å². The zero-order valence-corrected chi connectivity index (χ0v) is 9.40. The van der Waals surface area contributed by atoms with Gasteiger partial charge in [-0.3, -0.25) is 4.79 Å². The molecule has 1 aliphatic rings. The van der Waals surface area contributed by atoms with E-state index >= 15 is 0 Å². The summed E-state index contributed by atoms with van der Waals surface area (Å²) in [4.78, 5) is 11.9. The molecule has 5 nitrogen and oxygen atoms in total. The van der Waals surface area contributed by atoms with Crippen molar-refractivity contribution in [2.75, 3.05) is 11.9 Å². The van der Waals surface area contributed by atoms with Crippen LogP contribution >= 0.6 is 0 Å². The third-order valence-electron chi connectivity index (χ3n) is 3.18. The Bertz CT molecular complexity index is 375. The smallest absolute Gasteiger partial charge is 0.229 e. The second-order valence-corrected chi connectivity index (χ2v) is 4.35. The predicted octanol–water partition coefficient (Wildman–Crippen LogP) is 1.30. The van der Waals surface area contributed by atoms with Crippen LogP contribution in [0.3, 0.4) is 0 Å². The zero-order chi connectivity index (χ0) is 11.5. The van der Waals surface area contributed by atoms with Crippen molar-refractivity contribution in [1.29, 1.82) is 0 Å². The van der Waals surface area contributed by atoms with E-state index in [1.165, 1.54) is 0 Å². The number of aromatic nitrogens is 1. The average molecular weight is 223 g/mol. The highest BCUT2D eigenvalue weighted by atomic mass is 16.5. The van der Waals surface area contributed by atoms with Crippen molar-refractivity contribution in [2.45, 2.75) is 26.2 Å². The van der Waals surface area contributed by atoms with Crippen molar-refractivity contribution in [3.8, 4) is 0 Å². The van der Waals surface area contributed by atoms with Gasteiger partial charge in [-0.25, -0.2) is 0 Å². The number of nitrogens with two attached hydrogens (primary N) is 1. The fourth-order valence-corrected chi connectivity index (χ4v) is 2.31. The Hall–Kier alpha value is -1.36. The second kappa shape index (κ2) is 4.65. The number of hydrogen-bond donors (Lipinski definition) is 2. The number of carbonyl (C=O) groups excluding carboxylic acids is 1. The molecule has 2 rings (SSSR count). The maximum Gasteiger partial charge on any atom is 0.229 e. The van der Waals surface area contributed by atoms with Crippen LogP contribution in [-0.2, 0) is 4.79 Å². The number of nitrogens with one attached hydrogen (secondary N) is 1.